The quantitative estimate of drug-likeness (QED) is 0.646. The van der Waals surface area contributed by atoms with Gasteiger partial charge in [-0.3, -0.25) is 4.90 Å². The van der Waals surface area contributed by atoms with Crippen LogP contribution in [0.25, 0.3) is 0 Å². The van der Waals surface area contributed by atoms with Crippen molar-refractivity contribution >= 4 is 6.03 Å². The molecule has 2 heterocycles. The molecule has 2 aliphatic heterocycles. The molecule has 1 atom stereocenters. The van der Waals surface area contributed by atoms with Crippen molar-refractivity contribution in [1.29, 1.82) is 0 Å². The number of nitrogens with zero attached hydrogens (tertiary/aromatic N) is 3. The number of likely N-dealkylation sites (tertiary alicyclic amines) is 1. The lowest BCUT2D eigenvalue weighted by atomic mass is 9.94. The number of urea groups is 1. The van der Waals surface area contributed by atoms with Crippen LogP contribution in [0.2, 0.25) is 0 Å². The van der Waals surface area contributed by atoms with Gasteiger partial charge in [-0.1, -0.05) is 79.9 Å². The lowest BCUT2D eigenvalue weighted by Crippen LogP contribution is -2.48. The van der Waals surface area contributed by atoms with E-state index in [2.05, 4.69) is 75.4 Å². The fourth-order valence-electron chi connectivity index (χ4n) is 5.88. The van der Waals surface area contributed by atoms with Crippen molar-refractivity contribution in [1.82, 2.24) is 14.7 Å². The fourth-order valence-corrected chi connectivity index (χ4v) is 5.88. The largest absolute Gasteiger partial charge is 0.321 e. The van der Waals surface area contributed by atoms with E-state index in [1.807, 2.05) is 0 Å². The molecule has 0 bridgehead atoms. The van der Waals surface area contributed by atoms with Crippen molar-refractivity contribution in [3.63, 3.8) is 0 Å². The van der Waals surface area contributed by atoms with Gasteiger partial charge in [0.2, 0.25) is 0 Å². The highest BCUT2D eigenvalue weighted by Crippen LogP contribution is 2.38. The second kappa shape index (κ2) is 9.44. The van der Waals surface area contributed by atoms with Gasteiger partial charge in [0.25, 0.3) is 0 Å². The Balaban J connectivity index is 1.30. The summed E-state index contributed by atoms with van der Waals surface area (Å²) in [5.41, 5.74) is 2.67. The van der Waals surface area contributed by atoms with Gasteiger partial charge in [-0.25, -0.2) is 4.79 Å². The zero-order chi connectivity index (χ0) is 21.0. The summed E-state index contributed by atoms with van der Waals surface area (Å²) < 4.78 is 0. The molecule has 2 saturated heterocycles. The summed E-state index contributed by atoms with van der Waals surface area (Å²) in [4.78, 5) is 20.7. The summed E-state index contributed by atoms with van der Waals surface area (Å²) in [6, 6.07) is 22.7. The van der Waals surface area contributed by atoms with Gasteiger partial charge in [-0.2, -0.15) is 0 Å². The predicted octanol–water partition coefficient (Wildman–Crippen LogP) is 5.46. The molecule has 0 N–H and O–H groups in total. The van der Waals surface area contributed by atoms with Gasteiger partial charge in [0.1, 0.15) is 0 Å². The first-order valence-corrected chi connectivity index (χ1v) is 12.2. The van der Waals surface area contributed by atoms with Crippen LogP contribution in [-0.2, 0) is 6.54 Å². The highest BCUT2D eigenvalue weighted by molar-refractivity contribution is 5.78. The number of piperidine rings is 1. The zero-order valence-corrected chi connectivity index (χ0v) is 18.5. The molecule has 3 aliphatic rings. The Morgan fingerprint density at radius 1 is 0.742 bits per heavy atom. The molecular formula is C27H35N3O. The molecule has 5 rings (SSSR count). The van der Waals surface area contributed by atoms with Crippen molar-refractivity contribution in [3.8, 4) is 0 Å². The average Bonchev–Trinajstić information content (AvgIpc) is 3.18. The zero-order valence-electron chi connectivity index (χ0n) is 18.5. The molecular weight excluding hydrogens is 382 g/mol. The predicted molar refractivity (Wildman–Crippen MR) is 125 cm³/mol. The number of hydrogen-bond donors (Lipinski definition) is 0. The lowest BCUT2D eigenvalue weighted by Gasteiger charge is -2.39. The smallest absolute Gasteiger partial charge is 0.319 e. The van der Waals surface area contributed by atoms with Gasteiger partial charge in [-0.15, -0.1) is 0 Å². The van der Waals surface area contributed by atoms with Gasteiger partial charge in [0, 0.05) is 38.3 Å². The SMILES string of the molecule is O=C1N(C2CCCCC2)C[C@@H](c2ccccc2)N1C1CCN(Cc2ccccc2)CC1. The highest BCUT2D eigenvalue weighted by atomic mass is 16.2. The summed E-state index contributed by atoms with van der Waals surface area (Å²) in [7, 11) is 0. The Labute approximate surface area is 186 Å². The number of rotatable bonds is 5. The molecule has 1 saturated carbocycles. The monoisotopic (exact) mass is 417 g/mol. The highest BCUT2D eigenvalue weighted by Gasteiger charge is 2.45. The van der Waals surface area contributed by atoms with Crippen LogP contribution < -0.4 is 0 Å². The summed E-state index contributed by atoms with van der Waals surface area (Å²) in [6.07, 6.45) is 8.35. The number of carbonyl (C=O) groups is 1. The van der Waals surface area contributed by atoms with Gasteiger partial charge in [0.05, 0.1) is 6.04 Å². The number of hydrogen-bond acceptors (Lipinski definition) is 2. The maximum absolute atomic E-state index is 13.7. The third-order valence-electron chi connectivity index (χ3n) is 7.57. The summed E-state index contributed by atoms with van der Waals surface area (Å²) in [5, 5.41) is 0. The lowest BCUT2D eigenvalue weighted by molar-refractivity contribution is 0.106. The van der Waals surface area contributed by atoms with E-state index in [1.54, 1.807) is 0 Å². The third kappa shape index (κ3) is 4.50. The van der Waals surface area contributed by atoms with Gasteiger partial charge in [-0.05, 0) is 36.8 Å². The third-order valence-corrected chi connectivity index (χ3v) is 7.57. The van der Waals surface area contributed by atoms with Crippen LogP contribution in [0.5, 0.6) is 0 Å². The van der Waals surface area contributed by atoms with E-state index < -0.39 is 0 Å². The minimum Gasteiger partial charge on any atom is -0.319 e. The first-order chi connectivity index (χ1) is 15.3. The van der Waals surface area contributed by atoms with E-state index in [0.29, 0.717) is 18.1 Å². The normalized spacial score (nSPS) is 24.1. The molecule has 164 valence electrons. The van der Waals surface area contributed by atoms with Crippen LogP contribution in [0.3, 0.4) is 0 Å². The standard InChI is InChI=1S/C27H35N3O/c31-27-29(24-14-8-3-9-15-24)21-26(23-12-6-2-7-13-23)30(27)25-16-18-28(19-17-25)20-22-10-4-1-5-11-22/h1-2,4-7,10-13,24-26H,3,8-9,14-21H2/t26-/m0/s1. The first-order valence-electron chi connectivity index (χ1n) is 12.2. The van der Waals surface area contributed by atoms with E-state index in [-0.39, 0.29) is 6.04 Å². The number of amides is 2. The minimum atomic E-state index is 0.196. The minimum absolute atomic E-state index is 0.196. The van der Waals surface area contributed by atoms with Crippen LogP contribution in [0.15, 0.2) is 60.7 Å². The van der Waals surface area contributed by atoms with Crippen molar-refractivity contribution in [2.45, 2.75) is 69.6 Å². The van der Waals surface area contributed by atoms with Crippen LogP contribution in [0.4, 0.5) is 4.79 Å². The van der Waals surface area contributed by atoms with E-state index in [0.717, 1.165) is 39.0 Å². The van der Waals surface area contributed by atoms with Crippen LogP contribution in [0.1, 0.15) is 62.1 Å². The second-order valence-electron chi connectivity index (χ2n) is 9.55. The molecule has 2 aromatic carbocycles. The van der Waals surface area contributed by atoms with E-state index in [9.17, 15) is 4.79 Å². The molecule has 4 nitrogen and oxygen atoms in total. The molecule has 1 aliphatic carbocycles. The molecule has 4 heteroatoms. The fraction of sp³-hybridized carbons (Fsp3) is 0.519. The number of carbonyl (C=O) groups excluding carboxylic acids is 1. The molecule has 0 radical (unpaired) electrons. The van der Waals surface area contributed by atoms with Gasteiger partial charge >= 0.3 is 6.03 Å². The Morgan fingerprint density at radius 3 is 2.06 bits per heavy atom. The average molecular weight is 418 g/mol. The molecule has 0 aromatic heterocycles. The topological polar surface area (TPSA) is 26.8 Å². The summed E-state index contributed by atoms with van der Waals surface area (Å²) >= 11 is 0. The van der Waals surface area contributed by atoms with Crippen molar-refractivity contribution in [2.75, 3.05) is 19.6 Å². The second-order valence-corrected chi connectivity index (χ2v) is 9.55. The maximum Gasteiger partial charge on any atom is 0.321 e. The Morgan fingerprint density at radius 2 is 1.39 bits per heavy atom. The van der Waals surface area contributed by atoms with Crippen molar-refractivity contribution in [3.05, 3.63) is 71.8 Å². The Bertz CT molecular complexity index is 841. The molecule has 0 spiro atoms. The van der Waals surface area contributed by atoms with E-state index in [1.165, 1.54) is 43.2 Å². The van der Waals surface area contributed by atoms with Gasteiger partial charge in [0.15, 0.2) is 0 Å². The van der Waals surface area contributed by atoms with Crippen molar-refractivity contribution in [2.24, 2.45) is 0 Å². The van der Waals surface area contributed by atoms with E-state index in [4.69, 9.17) is 0 Å². The Hall–Kier alpha value is -2.33. The van der Waals surface area contributed by atoms with E-state index >= 15 is 0 Å². The number of benzene rings is 2. The van der Waals surface area contributed by atoms with Gasteiger partial charge < -0.3 is 9.80 Å². The molecule has 0 unspecified atom stereocenters. The van der Waals surface area contributed by atoms with Crippen LogP contribution in [-0.4, -0.2) is 52.4 Å². The van der Waals surface area contributed by atoms with Crippen molar-refractivity contribution < 1.29 is 4.79 Å². The Kier molecular flexibility index (Phi) is 6.26. The molecule has 2 amide bonds. The van der Waals surface area contributed by atoms with Crippen LogP contribution in [0, 0.1) is 0 Å². The maximum atomic E-state index is 13.7. The molecule has 3 fully saturated rings. The summed E-state index contributed by atoms with van der Waals surface area (Å²) in [6.45, 7) is 4.00. The molecule has 2 aromatic rings. The van der Waals surface area contributed by atoms with Crippen LogP contribution >= 0.6 is 0 Å². The first kappa shape index (κ1) is 20.6. The molecule has 31 heavy (non-hydrogen) atoms. The summed E-state index contributed by atoms with van der Waals surface area (Å²) in [5.74, 6) is 0.